The monoisotopic (exact) mass is 975 g/mol. The van der Waals surface area contributed by atoms with Crippen LogP contribution in [0.5, 0.6) is 0 Å². The summed E-state index contributed by atoms with van der Waals surface area (Å²) in [6.45, 7) is 2.11. The molecule has 1 saturated heterocycles. The van der Waals surface area contributed by atoms with Gasteiger partial charge in [-0.05, 0) is 66.8 Å². The molecule has 0 spiro atoms. The second kappa shape index (κ2) is 25.7. The van der Waals surface area contributed by atoms with Crippen molar-refractivity contribution in [3.8, 4) is 0 Å². The molecule has 2 aliphatic heterocycles. The lowest BCUT2D eigenvalue weighted by Gasteiger charge is -2.38. The first kappa shape index (κ1) is 52.6. The van der Waals surface area contributed by atoms with Crippen molar-refractivity contribution in [3.63, 3.8) is 0 Å². The molecule has 3 heterocycles. The van der Waals surface area contributed by atoms with Gasteiger partial charge in [0.05, 0.1) is 6.42 Å². The van der Waals surface area contributed by atoms with E-state index in [0.717, 1.165) is 22.0 Å². The molecular formula is C51H66N12O8. The van der Waals surface area contributed by atoms with Crippen LogP contribution in [0, 0.1) is 0 Å². The molecule has 0 aliphatic carbocycles. The van der Waals surface area contributed by atoms with E-state index in [4.69, 9.17) is 17.2 Å². The number of benzene rings is 3. The predicted molar refractivity (Wildman–Crippen MR) is 266 cm³/mol. The molecule has 6 atom stereocenters. The SMILES string of the molecule is CCCCC(=O)N[C@H]1CC(=O)NCCCC[C@@H](C(N)=O)NC(=O)C(Cc2c[nH]c3ccccc23)NC(=O)[C@H](CCCN=C(N)N)NC(=O)[C@@H](Cc2ccccc2)NC(=O)[C@@H]2Cc3ccccc3CN2C1=O. The molecule has 1 unspecified atom stereocenters. The van der Waals surface area contributed by atoms with E-state index in [1.165, 1.54) is 4.90 Å². The number of carbonyl (C=O) groups excluding carboxylic acids is 8. The Labute approximate surface area is 412 Å². The minimum Gasteiger partial charge on any atom is -0.370 e. The molecule has 20 heteroatoms. The maximum Gasteiger partial charge on any atom is 0.246 e. The number of carbonyl (C=O) groups is 8. The quantitative estimate of drug-likeness (QED) is 0.0509. The van der Waals surface area contributed by atoms with Crippen LogP contribution in [0.15, 0.2) is 90.1 Å². The number of para-hydroxylation sites is 1. The fourth-order valence-electron chi connectivity index (χ4n) is 8.88. The second-order valence-corrected chi connectivity index (χ2v) is 18.1. The Morgan fingerprint density at radius 1 is 0.732 bits per heavy atom. The number of primary amides is 1. The Kier molecular flexibility index (Phi) is 19.1. The number of hydrogen-bond donors (Lipinski definition) is 10. The lowest BCUT2D eigenvalue weighted by molar-refractivity contribution is -0.146. The standard InChI is InChI=1S/C51H66N12O8/c1-2-3-22-43(64)58-41-28-44(65)55-23-12-11-20-37(45(52)66)59-48(69)40(26-34-29-57-36-19-10-9-18-35(34)36)61-46(67)38(21-13-24-56-51(53)54)60-47(68)39(25-31-14-5-4-6-15-31)62-49(70)42-27-32-16-7-8-17-33(32)30-63(42)50(41)71/h4-10,14-19,29,37-42,57H,2-3,11-13,20-28,30H2,1H3,(H2,52,66)(H,55,65)(H,58,64)(H,59,69)(H,60,68)(H,61,67)(H,62,70)(H4,53,54,56)/t37-,38-,39+,40?,41-,42-/m0/s1. The van der Waals surface area contributed by atoms with Crippen LogP contribution in [-0.2, 0) is 64.2 Å². The number of nitrogens with zero attached hydrogens (tertiary/aromatic N) is 2. The maximum atomic E-state index is 14.8. The van der Waals surface area contributed by atoms with Crippen molar-refractivity contribution >= 4 is 64.1 Å². The van der Waals surface area contributed by atoms with Crippen LogP contribution < -0.4 is 49.1 Å². The third-order valence-corrected chi connectivity index (χ3v) is 12.7. The lowest BCUT2D eigenvalue weighted by Crippen LogP contribution is -2.61. The van der Waals surface area contributed by atoms with Gasteiger partial charge in [0.1, 0.15) is 36.3 Å². The van der Waals surface area contributed by atoms with Crippen molar-refractivity contribution in [2.45, 2.75) is 127 Å². The molecule has 0 radical (unpaired) electrons. The van der Waals surface area contributed by atoms with E-state index in [9.17, 15) is 38.4 Å². The summed E-state index contributed by atoms with van der Waals surface area (Å²) in [6, 6.07) is 16.0. The third kappa shape index (κ3) is 15.1. The number of aliphatic imine (C=N–C) groups is 1. The summed E-state index contributed by atoms with van der Waals surface area (Å²) in [5, 5.41) is 17.6. The number of H-pyrrole nitrogens is 1. The molecule has 1 fully saturated rings. The van der Waals surface area contributed by atoms with Crippen LogP contribution in [0.1, 0.15) is 87.0 Å². The zero-order valence-corrected chi connectivity index (χ0v) is 40.0. The summed E-state index contributed by atoms with van der Waals surface area (Å²) in [5.74, 6) is -5.53. The van der Waals surface area contributed by atoms with Crippen molar-refractivity contribution in [1.29, 1.82) is 0 Å². The number of aromatic nitrogens is 1. The summed E-state index contributed by atoms with van der Waals surface area (Å²) in [5.41, 5.74) is 20.7. The zero-order valence-electron chi connectivity index (χ0n) is 40.0. The van der Waals surface area contributed by atoms with Gasteiger partial charge in [0, 0.05) is 62.4 Å². The highest BCUT2D eigenvalue weighted by Crippen LogP contribution is 2.26. The number of nitrogens with two attached hydrogens (primary N) is 3. The molecule has 0 bridgehead atoms. The Bertz CT molecular complexity index is 2560. The highest BCUT2D eigenvalue weighted by atomic mass is 16.2. The van der Waals surface area contributed by atoms with Gasteiger partial charge in [-0.1, -0.05) is 86.1 Å². The Balaban J connectivity index is 1.39. The minimum atomic E-state index is -1.35. The van der Waals surface area contributed by atoms with E-state index in [0.29, 0.717) is 36.8 Å². The Hall–Kier alpha value is -7.77. The van der Waals surface area contributed by atoms with E-state index in [1.54, 1.807) is 36.5 Å². The largest absolute Gasteiger partial charge is 0.370 e. The Morgan fingerprint density at radius 3 is 2.14 bits per heavy atom. The van der Waals surface area contributed by atoms with Gasteiger partial charge in [-0.15, -0.1) is 0 Å². The fraction of sp³-hybridized carbons (Fsp3) is 0.431. The van der Waals surface area contributed by atoms with Gasteiger partial charge in [0.2, 0.25) is 47.3 Å². The topological polar surface area (TPSA) is 318 Å². The molecule has 0 saturated carbocycles. The molecule has 71 heavy (non-hydrogen) atoms. The fourth-order valence-corrected chi connectivity index (χ4v) is 8.88. The summed E-state index contributed by atoms with van der Waals surface area (Å²) in [6.07, 6.45) is 3.60. The van der Waals surface area contributed by atoms with Crippen LogP contribution in [0.25, 0.3) is 10.9 Å². The molecule has 378 valence electrons. The summed E-state index contributed by atoms with van der Waals surface area (Å²) < 4.78 is 0. The highest BCUT2D eigenvalue weighted by Gasteiger charge is 2.40. The number of amides is 8. The molecule has 6 rings (SSSR count). The smallest absolute Gasteiger partial charge is 0.246 e. The van der Waals surface area contributed by atoms with Gasteiger partial charge in [-0.3, -0.25) is 43.3 Å². The van der Waals surface area contributed by atoms with Gasteiger partial charge in [0.15, 0.2) is 5.96 Å². The number of rotatable bonds is 13. The van der Waals surface area contributed by atoms with Crippen LogP contribution in [-0.4, -0.2) is 112 Å². The first-order valence-electron chi connectivity index (χ1n) is 24.3. The van der Waals surface area contributed by atoms with Crippen molar-refractivity contribution in [2.75, 3.05) is 13.1 Å². The normalized spacial score (nSPS) is 22.1. The summed E-state index contributed by atoms with van der Waals surface area (Å²) >= 11 is 0. The lowest BCUT2D eigenvalue weighted by atomic mass is 9.92. The van der Waals surface area contributed by atoms with Crippen LogP contribution in [0.4, 0.5) is 0 Å². The van der Waals surface area contributed by atoms with Gasteiger partial charge in [-0.25, -0.2) is 0 Å². The van der Waals surface area contributed by atoms with Crippen LogP contribution in [0.2, 0.25) is 0 Å². The maximum absolute atomic E-state index is 14.8. The molecule has 8 amide bonds. The summed E-state index contributed by atoms with van der Waals surface area (Å²) in [4.78, 5) is 121. The first-order valence-corrected chi connectivity index (χ1v) is 24.3. The van der Waals surface area contributed by atoms with E-state index in [-0.39, 0.29) is 70.5 Å². The number of aromatic amines is 1. The number of hydrogen-bond acceptors (Lipinski definition) is 9. The van der Waals surface area contributed by atoms with Gasteiger partial charge < -0.3 is 59.0 Å². The molecule has 2 aliphatic rings. The van der Waals surface area contributed by atoms with E-state index < -0.39 is 89.9 Å². The van der Waals surface area contributed by atoms with Gasteiger partial charge in [0.25, 0.3) is 0 Å². The molecule has 20 nitrogen and oxygen atoms in total. The highest BCUT2D eigenvalue weighted by molar-refractivity contribution is 5.98. The molecule has 4 aromatic rings. The zero-order chi connectivity index (χ0) is 50.9. The average molecular weight is 975 g/mol. The van der Waals surface area contributed by atoms with Crippen molar-refractivity contribution in [1.82, 2.24) is 41.8 Å². The molecular weight excluding hydrogens is 909 g/mol. The predicted octanol–water partition coefficient (Wildman–Crippen LogP) is 0.750. The van der Waals surface area contributed by atoms with Crippen LogP contribution in [0.3, 0.4) is 0 Å². The van der Waals surface area contributed by atoms with E-state index in [1.807, 2.05) is 55.5 Å². The van der Waals surface area contributed by atoms with Gasteiger partial charge >= 0.3 is 0 Å². The molecule has 13 N–H and O–H groups in total. The van der Waals surface area contributed by atoms with Crippen molar-refractivity contribution < 1.29 is 38.4 Å². The van der Waals surface area contributed by atoms with Gasteiger partial charge in [-0.2, -0.15) is 0 Å². The number of fused-ring (bicyclic) bond motifs is 3. The minimum absolute atomic E-state index is 0.00843. The average Bonchev–Trinajstić information content (AvgIpc) is 3.76. The van der Waals surface area contributed by atoms with E-state index in [2.05, 4.69) is 41.9 Å². The van der Waals surface area contributed by atoms with Crippen LogP contribution >= 0.6 is 0 Å². The summed E-state index contributed by atoms with van der Waals surface area (Å²) in [7, 11) is 0. The molecule has 3 aromatic carbocycles. The van der Waals surface area contributed by atoms with Crippen molar-refractivity contribution in [3.05, 3.63) is 107 Å². The number of unbranched alkanes of at least 4 members (excludes halogenated alkanes) is 1. The Morgan fingerprint density at radius 2 is 1.39 bits per heavy atom. The first-order chi connectivity index (χ1) is 34.2. The van der Waals surface area contributed by atoms with Crippen molar-refractivity contribution in [2.24, 2.45) is 22.2 Å². The molecule has 1 aromatic heterocycles. The number of guanidine groups is 1. The second-order valence-electron chi connectivity index (χ2n) is 18.1. The number of nitrogens with one attached hydrogen (secondary N) is 7. The third-order valence-electron chi connectivity index (χ3n) is 12.7. The van der Waals surface area contributed by atoms with E-state index >= 15 is 0 Å².